The molecule has 1 aromatic heterocycles. The van der Waals surface area contributed by atoms with Crippen LogP contribution in [0.2, 0.25) is 5.02 Å². The number of aliphatic hydroxyl groups excluding tert-OH is 2. The van der Waals surface area contributed by atoms with Gasteiger partial charge in [0.1, 0.15) is 18.3 Å². The molecule has 9 nitrogen and oxygen atoms in total. The van der Waals surface area contributed by atoms with Crippen LogP contribution in [0, 0.1) is 0 Å². The topological polar surface area (TPSA) is 126 Å². The lowest BCUT2D eigenvalue weighted by Gasteiger charge is -2.42. The van der Waals surface area contributed by atoms with Crippen molar-refractivity contribution < 1.29 is 32.9 Å². The molecule has 1 saturated heterocycles. The highest BCUT2D eigenvalue weighted by molar-refractivity contribution is 6.30. The fourth-order valence-electron chi connectivity index (χ4n) is 3.44. The van der Waals surface area contributed by atoms with Gasteiger partial charge in [0, 0.05) is 23.2 Å². The van der Waals surface area contributed by atoms with Crippen LogP contribution in [-0.4, -0.2) is 58.1 Å². The van der Waals surface area contributed by atoms with Gasteiger partial charge in [0.2, 0.25) is 0 Å². The minimum Gasteiger partial charge on any atom is -0.394 e. The zero-order chi connectivity index (χ0) is 22.1. The maximum absolute atomic E-state index is 13.6. The molecule has 5 atom stereocenters. The van der Waals surface area contributed by atoms with Gasteiger partial charge in [-0.2, -0.15) is 18.3 Å². The van der Waals surface area contributed by atoms with Crippen LogP contribution in [-0.2, 0) is 15.7 Å². The number of benzene rings is 1. The molecule has 0 bridgehead atoms. The highest BCUT2D eigenvalue weighted by atomic mass is 35.5. The lowest BCUT2D eigenvalue weighted by atomic mass is 9.91. The number of azide groups is 1. The molecule has 30 heavy (non-hydrogen) atoms. The number of nitrogens with zero attached hydrogens (tertiary/aromatic N) is 5. The number of alkyl halides is 3. The zero-order valence-corrected chi connectivity index (χ0v) is 16.2. The second-order valence-electron chi connectivity index (χ2n) is 6.49. The van der Waals surface area contributed by atoms with Crippen molar-refractivity contribution in [3.8, 4) is 5.69 Å². The van der Waals surface area contributed by atoms with Gasteiger partial charge in [-0.25, -0.2) is 4.68 Å². The molecule has 1 fully saturated rings. The maximum Gasteiger partial charge on any atom is 0.418 e. The first-order chi connectivity index (χ1) is 14.2. The highest BCUT2D eigenvalue weighted by Crippen LogP contribution is 2.39. The maximum atomic E-state index is 13.6. The van der Waals surface area contributed by atoms with E-state index in [-0.39, 0.29) is 16.4 Å². The van der Waals surface area contributed by atoms with Gasteiger partial charge in [0.05, 0.1) is 35.7 Å². The first-order valence-electron chi connectivity index (χ1n) is 8.65. The largest absolute Gasteiger partial charge is 0.418 e. The Morgan fingerprint density at radius 3 is 2.73 bits per heavy atom. The summed E-state index contributed by atoms with van der Waals surface area (Å²) in [6.45, 7) is -0.620. The van der Waals surface area contributed by atoms with Crippen LogP contribution in [0.15, 0.2) is 35.6 Å². The summed E-state index contributed by atoms with van der Waals surface area (Å²) in [7, 11) is 1.27. The van der Waals surface area contributed by atoms with Crippen LogP contribution in [0.4, 0.5) is 13.2 Å². The summed E-state index contributed by atoms with van der Waals surface area (Å²) in [6.07, 6.45) is -8.17. The molecule has 2 aromatic rings. The van der Waals surface area contributed by atoms with Gasteiger partial charge in [-0.15, -0.1) is 0 Å². The van der Waals surface area contributed by atoms with E-state index < -0.39 is 48.8 Å². The smallest absolute Gasteiger partial charge is 0.394 e. The Labute approximate surface area is 173 Å². The van der Waals surface area contributed by atoms with Crippen LogP contribution in [0.1, 0.15) is 17.4 Å². The summed E-state index contributed by atoms with van der Waals surface area (Å²) in [4.78, 5) is 2.69. The van der Waals surface area contributed by atoms with E-state index >= 15 is 0 Å². The van der Waals surface area contributed by atoms with E-state index in [1.54, 1.807) is 0 Å². The Morgan fingerprint density at radius 1 is 1.40 bits per heavy atom. The number of aromatic nitrogens is 2. The Bertz CT molecular complexity index is 950. The molecule has 0 aliphatic carbocycles. The Hall–Kier alpha value is -2.34. The van der Waals surface area contributed by atoms with Gasteiger partial charge >= 0.3 is 6.18 Å². The molecule has 2 N–H and O–H groups in total. The van der Waals surface area contributed by atoms with Crippen LogP contribution in [0.25, 0.3) is 16.1 Å². The number of halogens is 4. The number of ether oxygens (including phenoxy) is 2. The quantitative estimate of drug-likeness (QED) is 0.414. The van der Waals surface area contributed by atoms with Gasteiger partial charge in [-0.1, -0.05) is 16.7 Å². The predicted molar refractivity (Wildman–Crippen MR) is 98.0 cm³/mol. The minimum absolute atomic E-state index is 0.0583. The van der Waals surface area contributed by atoms with E-state index in [1.165, 1.54) is 19.4 Å². The minimum atomic E-state index is -4.69. The Kier molecular flexibility index (Phi) is 6.56. The lowest BCUT2D eigenvalue weighted by molar-refractivity contribution is -0.199. The molecule has 0 spiro atoms. The van der Waals surface area contributed by atoms with Crippen molar-refractivity contribution in [1.29, 1.82) is 0 Å². The average Bonchev–Trinajstić information content (AvgIpc) is 3.18. The standard InChI is InChI=1S/C17H17ClF3N5O4/c1-29-16-13(24-25-22)14(28)12(7-27)30-15(16)10-4-5-23-26(10)11-6-8(18)2-3-9(11)17(19,20)21/h2-6,12-16,27-28H,7H2,1H3/t12?,13-,14-,15-,16?/m0/s1. The highest BCUT2D eigenvalue weighted by Gasteiger charge is 2.47. The third-order valence-corrected chi connectivity index (χ3v) is 5.02. The molecule has 0 radical (unpaired) electrons. The fourth-order valence-corrected chi connectivity index (χ4v) is 3.60. The van der Waals surface area contributed by atoms with Gasteiger partial charge in [0.15, 0.2) is 0 Å². The van der Waals surface area contributed by atoms with Crippen molar-refractivity contribution in [2.45, 2.75) is 36.6 Å². The summed E-state index contributed by atoms with van der Waals surface area (Å²) in [5.41, 5.74) is 7.64. The van der Waals surface area contributed by atoms with Crippen molar-refractivity contribution >= 4 is 11.6 Å². The van der Waals surface area contributed by atoms with E-state index in [4.69, 9.17) is 26.6 Å². The normalized spacial score (nSPS) is 27.0. The average molecular weight is 448 g/mol. The number of methoxy groups -OCH3 is 1. The third kappa shape index (κ3) is 4.10. The fraction of sp³-hybridized carbons (Fsp3) is 0.471. The molecule has 1 aromatic carbocycles. The van der Waals surface area contributed by atoms with Crippen LogP contribution in [0.5, 0.6) is 0 Å². The van der Waals surface area contributed by atoms with Crippen molar-refractivity contribution in [3.05, 3.63) is 57.2 Å². The molecule has 2 heterocycles. The first-order valence-corrected chi connectivity index (χ1v) is 9.03. The molecule has 13 heteroatoms. The van der Waals surface area contributed by atoms with Crippen molar-refractivity contribution in [1.82, 2.24) is 9.78 Å². The van der Waals surface area contributed by atoms with E-state index in [0.29, 0.717) is 0 Å². The van der Waals surface area contributed by atoms with Crippen LogP contribution >= 0.6 is 11.6 Å². The van der Waals surface area contributed by atoms with Crippen molar-refractivity contribution in [2.75, 3.05) is 13.7 Å². The number of rotatable bonds is 5. The molecule has 2 unspecified atom stereocenters. The second-order valence-corrected chi connectivity index (χ2v) is 6.93. The molecule has 1 aliphatic heterocycles. The van der Waals surface area contributed by atoms with E-state index in [9.17, 15) is 23.4 Å². The molecule has 0 saturated carbocycles. The van der Waals surface area contributed by atoms with E-state index in [1.807, 2.05) is 0 Å². The number of aliphatic hydroxyl groups is 2. The molecular weight excluding hydrogens is 431 g/mol. The lowest BCUT2D eigenvalue weighted by Crippen LogP contribution is -2.55. The van der Waals surface area contributed by atoms with Crippen LogP contribution in [0.3, 0.4) is 0 Å². The molecule has 0 amide bonds. The summed E-state index contributed by atoms with van der Waals surface area (Å²) in [6, 6.07) is 3.29. The van der Waals surface area contributed by atoms with E-state index in [0.717, 1.165) is 22.9 Å². The number of hydrogen-bond donors (Lipinski definition) is 2. The first kappa shape index (κ1) is 22.3. The van der Waals surface area contributed by atoms with Crippen molar-refractivity contribution in [3.63, 3.8) is 0 Å². The number of hydrogen-bond acceptors (Lipinski definition) is 6. The zero-order valence-electron chi connectivity index (χ0n) is 15.4. The molecule has 3 rings (SSSR count). The SMILES string of the molecule is COC1[C@@H](N=[N+]=[N-])[C@@H](O)C(CO)O[C@H]1c1ccnn1-c1cc(Cl)ccc1C(F)(F)F. The molecule has 1 aliphatic rings. The van der Waals surface area contributed by atoms with Crippen molar-refractivity contribution in [2.24, 2.45) is 5.11 Å². The monoisotopic (exact) mass is 447 g/mol. The summed E-state index contributed by atoms with van der Waals surface area (Å²) in [5.74, 6) is 0. The second kappa shape index (κ2) is 8.80. The van der Waals surface area contributed by atoms with E-state index in [2.05, 4.69) is 15.1 Å². The molecular formula is C17H17ClF3N5O4. The summed E-state index contributed by atoms with van der Waals surface area (Å²) < 4.78 is 52.7. The third-order valence-electron chi connectivity index (χ3n) is 4.78. The molecule has 162 valence electrons. The van der Waals surface area contributed by atoms with Gasteiger partial charge in [-0.05, 0) is 29.8 Å². The summed E-state index contributed by atoms with van der Waals surface area (Å²) in [5, 5.41) is 27.4. The van der Waals surface area contributed by atoms with Gasteiger partial charge in [-0.3, -0.25) is 0 Å². The van der Waals surface area contributed by atoms with Gasteiger partial charge < -0.3 is 19.7 Å². The van der Waals surface area contributed by atoms with Gasteiger partial charge in [0.25, 0.3) is 0 Å². The summed E-state index contributed by atoms with van der Waals surface area (Å²) >= 11 is 5.92. The van der Waals surface area contributed by atoms with Crippen LogP contribution < -0.4 is 0 Å². The Balaban J connectivity index is 2.14. The Morgan fingerprint density at radius 2 is 2.13 bits per heavy atom. The predicted octanol–water partition coefficient (Wildman–Crippen LogP) is 3.03.